The van der Waals surface area contributed by atoms with Crippen LogP contribution in [0, 0.1) is 12.7 Å². The van der Waals surface area contributed by atoms with E-state index < -0.39 is 23.5 Å². The van der Waals surface area contributed by atoms with Crippen LogP contribution in [-0.2, 0) is 16.1 Å². The molecule has 0 bridgehead atoms. The summed E-state index contributed by atoms with van der Waals surface area (Å²) in [6, 6.07) is 3.80. The fourth-order valence-corrected chi connectivity index (χ4v) is 3.19. The summed E-state index contributed by atoms with van der Waals surface area (Å²) in [5.74, 6) is -3.03. The second-order valence-electron chi connectivity index (χ2n) is 5.90. The minimum absolute atomic E-state index is 0.0217. The SMILES string of the molecule is CCOC(=O)c1c(C)nc2c(c1N)C(=O)C(=O)N2Cc1cc(F)cc(Cl)c1. The summed E-state index contributed by atoms with van der Waals surface area (Å²) in [6.45, 7) is 3.14. The predicted octanol–water partition coefficient (Wildman–Crippen LogP) is 2.67. The molecule has 0 radical (unpaired) electrons. The second kappa shape index (κ2) is 6.96. The number of carbonyl (C=O) groups is 3. The molecule has 1 aliphatic heterocycles. The summed E-state index contributed by atoms with van der Waals surface area (Å²) >= 11 is 5.84. The standard InChI is InChI=1S/C18H15ClFN3O4/c1-3-27-18(26)12-8(2)22-16-13(14(12)21)15(24)17(25)23(16)7-9-4-10(19)6-11(20)5-9/h4-6H,3,7H2,1-2H3,(H2,21,22). The third-order valence-electron chi connectivity index (χ3n) is 4.06. The van der Waals surface area contributed by atoms with Gasteiger partial charge in [0.2, 0.25) is 0 Å². The Hall–Kier alpha value is -3.00. The van der Waals surface area contributed by atoms with Gasteiger partial charge in [0.1, 0.15) is 17.2 Å². The number of nitrogens with zero attached hydrogens (tertiary/aromatic N) is 2. The number of nitrogen functional groups attached to an aromatic ring is 1. The van der Waals surface area contributed by atoms with Crippen LogP contribution in [0.1, 0.15) is 38.9 Å². The lowest BCUT2D eigenvalue weighted by Crippen LogP contribution is -2.29. The van der Waals surface area contributed by atoms with Gasteiger partial charge in [0.15, 0.2) is 0 Å². The average Bonchev–Trinajstić information content (AvgIpc) is 2.79. The first-order valence-electron chi connectivity index (χ1n) is 8.03. The maximum absolute atomic E-state index is 13.6. The summed E-state index contributed by atoms with van der Waals surface area (Å²) < 4.78 is 18.5. The molecule has 1 aliphatic rings. The van der Waals surface area contributed by atoms with Crippen LogP contribution in [0.5, 0.6) is 0 Å². The quantitative estimate of drug-likeness (QED) is 0.635. The molecule has 0 saturated heterocycles. The summed E-state index contributed by atoms with van der Waals surface area (Å²) in [7, 11) is 0. The number of halogens is 2. The van der Waals surface area contributed by atoms with Crippen LogP contribution in [-0.4, -0.2) is 29.3 Å². The molecule has 0 aliphatic carbocycles. The molecule has 140 valence electrons. The number of nitrogens with two attached hydrogens (primary N) is 1. The van der Waals surface area contributed by atoms with E-state index in [2.05, 4.69) is 4.98 Å². The average molecular weight is 392 g/mol. The first-order valence-corrected chi connectivity index (χ1v) is 8.40. The summed E-state index contributed by atoms with van der Waals surface area (Å²) in [5, 5.41) is 0.157. The molecular formula is C18H15ClFN3O4. The number of hydrogen-bond acceptors (Lipinski definition) is 6. The van der Waals surface area contributed by atoms with Crippen molar-refractivity contribution in [3.05, 3.63) is 51.4 Å². The molecule has 0 saturated carbocycles. The predicted molar refractivity (Wildman–Crippen MR) is 96.3 cm³/mol. The molecule has 2 heterocycles. The molecule has 2 aromatic rings. The molecule has 9 heteroatoms. The van der Waals surface area contributed by atoms with Crippen molar-refractivity contribution < 1.29 is 23.5 Å². The van der Waals surface area contributed by atoms with Crippen molar-refractivity contribution in [2.45, 2.75) is 20.4 Å². The molecule has 1 amide bonds. The van der Waals surface area contributed by atoms with E-state index in [-0.39, 0.29) is 46.5 Å². The summed E-state index contributed by atoms with van der Waals surface area (Å²) in [4.78, 5) is 42.3. The number of aromatic nitrogens is 1. The fraction of sp³-hybridized carbons (Fsp3) is 0.222. The number of carbonyl (C=O) groups excluding carboxylic acids is 3. The molecule has 1 aromatic carbocycles. The highest BCUT2D eigenvalue weighted by Crippen LogP contribution is 2.36. The van der Waals surface area contributed by atoms with Crippen molar-refractivity contribution in [2.24, 2.45) is 0 Å². The number of fused-ring (bicyclic) bond motifs is 1. The molecule has 1 aromatic heterocycles. The molecular weight excluding hydrogens is 377 g/mol. The number of hydrogen-bond donors (Lipinski definition) is 1. The molecule has 0 atom stereocenters. The van der Waals surface area contributed by atoms with E-state index in [1.54, 1.807) is 6.92 Å². The Morgan fingerprint density at radius 1 is 1.33 bits per heavy atom. The zero-order chi connectivity index (χ0) is 19.9. The number of ether oxygens (including phenoxy) is 1. The van der Waals surface area contributed by atoms with E-state index in [1.165, 1.54) is 19.1 Å². The van der Waals surface area contributed by atoms with Gasteiger partial charge in [-0.2, -0.15) is 0 Å². The topological polar surface area (TPSA) is 103 Å². The van der Waals surface area contributed by atoms with Crippen LogP contribution in [0.15, 0.2) is 18.2 Å². The van der Waals surface area contributed by atoms with Gasteiger partial charge in [0.25, 0.3) is 5.78 Å². The Morgan fingerprint density at radius 3 is 2.67 bits per heavy atom. The number of rotatable bonds is 4. The zero-order valence-electron chi connectivity index (χ0n) is 14.5. The number of esters is 1. The van der Waals surface area contributed by atoms with Gasteiger partial charge in [-0.1, -0.05) is 11.6 Å². The number of anilines is 2. The van der Waals surface area contributed by atoms with Crippen LogP contribution >= 0.6 is 11.6 Å². The highest BCUT2D eigenvalue weighted by Gasteiger charge is 2.41. The van der Waals surface area contributed by atoms with E-state index in [4.69, 9.17) is 22.1 Å². The molecule has 2 N–H and O–H groups in total. The van der Waals surface area contributed by atoms with E-state index in [0.717, 1.165) is 11.0 Å². The van der Waals surface area contributed by atoms with Gasteiger partial charge >= 0.3 is 11.9 Å². The molecule has 0 fully saturated rings. The first kappa shape index (κ1) is 18.8. The lowest BCUT2D eigenvalue weighted by Gasteiger charge is -2.18. The third kappa shape index (κ3) is 3.23. The van der Waals surface area contributed by atoms with Gasteiger partial charge in [-0.25, -0.2) is 14.2 Å². The summed E-state index contributed by atoms with van der Waals surface area (Å²) in [5.41, 5.74) is 6.23. The zero-order valence-corrected chi connectivity index (χ0v) is 15.3. The number of ketones is 1. The largest absolute Gasteiger partial charge is 0.462 e. The Balaban J connectivity index is 2.08. The van der Waals surface area contributed by atoms with Crippen molar-refractivity contribution in [1.82, 2.24) is 4.98 Å². The van der Waals surface area contributed by atoms with E-state index in [0.29, 0.717) is 5.56 Å². The van der Waals surface area contributed by atoms with Crippen LogP contribution in [0.4, 0.5) is 15.9 Å². The van der Waals surface area contributed by atoms with E-state index in [1.807, 2.05) is 0 Å². The van der Waals surface area contributed by atoms with Crippen molar-refractivity contribution in [3.63, 3.8) is 0 Å². The number of Topliss-reactive ketones (excluding diaryl/α,β-unsaturated/α-hetero) is 1. The van der Waals surface area contributed by atoms with Crippen LogP contribution in [0.3, 0.4) is 0 Å². The molecule has 0 unspecified atom stereocenters. The van der Waals surface area contributed by atoms with Crippen molar-refractivity contribution in [2.75, 3.05) is 17.2 Å². The third-order valence-corrected chi connectivity index (χ3v) is 4.28. The number of benzene rings is 1. The highest BCUT2D eigenvalue weighted by molar-refractivity contribution is 6.53. The van der Waals surface area contributed by atoms with Crippen LogP contribution < -0.4 is 10.6 Å². The van der Waals surface area contributed by atoms with Gasteiger partial charge in [0.05, 0.1) is 30.1 Å². The van der Waals surface area contributed by atoms with Crippen LogP contribution in [0.25, 0.3) is 0 Å². The van der Waals surface area contributed by atoms with Crippen molar-refractivity contribution in [3.8, 4) is 0 Å². The Labute approximate surface area is 158 Å². The highest BCUT2D eigenvalue weighted by atomic mass is 35.5. The molecule has 7 nitrogen and oxygen atoms in total. The van der Waals surface area contributed by atoms with Crippen molar-refractivity contribution in [1.29, 1.82) is 0 Å². The number of pyridine rings is 1. The molecule has 3 rings (SSSR count). The number of aryl methyl sites for hydroxylation is 1. The van der Waals surface area contributed by atoms with Gasteiger partial charge < -0.3 is 10.5 Å². The van der Waals surface area contributed by atoms with Gasteiger partial charge in [-0.3, -0.25) is 14.5 Å². The lowest BCUT2D eigenvalue weighted by molar-refractivity contribution is -0.114. The Kier molecular flexibility index (Phi) is 4.84. The summed E-state index contributed by atoms with van der Waals surface area (Å²) in [6.07, 6.45) is 0. The number of amides is 1. The fourth-order valence-electron chi connectivity index (χ4n) is 2.95. The lowest BCUT2D eigenvalue weighted by atomic mass is 10.1. The van der Waals surface area contributed by atoms with Crippen LogP contribution in [0.2, 0.25) is 5.02 Å². The van der Waals surface area contributed by atoms with Crippen molar-refractivity contribution >= 4 is 40.8 Å². The molecule has 27 heavy (non-hydrogen) atoms. The van der Waals surface area contributed by atoms with Gasteiger partial charge in [0, 0.05) is 5.02 Å². The maximum Gasteiger partial charge on any atom is 0.342 e. The minimum Gasteiger partial charge on any atom is -0.462 e. The monoisotopic (exact) mass is 391 g/mol. The first-order chi connectivity index (χ1) is 12.7. The second-order valence-corrected chi connectivity index (χ2v) is 6.34. The van der Waals surface area contributed by atoms with Gasteiger partial charge in [-0.15, -0.1) is 0 Å². The molecule has 0 spiro atoms. The maximum atomic E-state index is 13.6. The van der Waals surface area contributed by atoms with E-state index in [9.17, 15) is 18.8 Å². The normalized spacial score (nSPS) is 13.1. The Morgan fingerprint density at radius 2 is 2.04 bits per heavy atom. The minimum atomic E-state index is -0.886. The smallest absolute Gasteiger partial charge is 0.342 e. The Bertz CT molecular complexity index is 973. The van der Waals surface area contributed by atoms with E-state index >= 15 is 0 Å². The van der Waals surface area contributed by atoms with Gasteiger partial charge in [-0.05, 0) is 37.6 Å².